The molecule has 18 heteroatoms. The number of carbonyl (C=O) groups excluding carboxylic acids is 4. The predicted molar refractivity (Wildman–Crippen MR) is 246 cm³/mol. The van der Waals surface area contributed by atoms with E-state index in [0.717, 1.165) is 12.2 Å². The summed E-state index contributed by atoms with van der Waals surface area (Å²) in [5, 5.41) is 21.8. The minimum Gasteiger partial charge on any atom is -0.390 e. The fourth-order valence-electron chi connectivity index (χ4n) is 16.0. The maximum Gasteiger partial charge on any atom is 0.226 e. The van der Waals surface area contributed by atoms with E-state index >= 15 is 17.6 Å². The Kier molecular flexibility index (Phi) is 11.9. The SMILES string of the molecule is CC1(C)O[C@@H]2C[C@H]3[C@@H]4C[C@H](F)C5=CC(=O)C=C[C@]5(C)[C@@]4(F)[C@@H](O)C[C@]3(C)[C@]2(C(=O)SCF)O1.C[C@]12C=CC(=O)C=C1[C@@H](F)C[C@H]1[C@@H]3C[C@H]4OC(c5ccccc5)O[C@@]4(C(=O)SCF)[C@@]3(C)C[C@H](O)[C@@]12F. The number of ether oxygens (including phenoxy) is 4. The number of aliphatic hydroxyl groups is 2. The molecule has 0 radical (unpaired) electrons. The number of halogens is 6. The number of thioether (sulfide) groups is 2. The van der Waals surface area contributed by atoms with Gasteiger partial charge in [0.05, 0.1) is 24.4 Å². The Labute approximate surface area is 410 Å². The van der Waals surface area contributed by atoms with Gasteiger partial charge in [0.2, 0.25) is 10.2 Å². The van der Waals surface area contributed by atoms with Crippen LogP contribution < -0.4 is 0 Å². The van der Waals surface area contributed by atoms with Crippen molar-refractivity contribution >= 4 is 45.3 Å². The van der Waals surface area contributed by atoms with Crippen molar-refractivity contribution in [3.8, 4) is 0 Å². The Balaban J connectivity index is 0.000000163. The lowest BCUT2D eigenvalue weighted by Crippen LogP contribution is -2.70. The summed E-state index contributed by atoms with van der Waals surface area (Å²) in [6.07, 6.45) is -1.64. The molecule has 70 heavy (non-hydrogen) atoms. The summed E-state index contributed by atoms with van der Waals surface area (Å²) in [6, 6.07) is 7.14. The normalized spacial score (nSPS) is 49.9. The molecular weight excluding hydrogens is 963 g/mol. The summed E-state index contributed by atoms with van der Waals surface area (Å²) in [4.78, 5) is 50.9. The quantitative estimate of drug-likeness (QED) is 0.272. The van der Waals surface area contributed by atoms with Gasteiger partial charge >= 0.3 is 0 Å². The van der Waals surface area contributed by atoms with E-state index in [9.17, 15) is 38.2 Å². The molecule has 380 valence electrons. The minimum absolute atomic E-state index is 0.0370. The van der Waals surface area contributed by atoms with Crippen molar-refractivity contribution in [1.29, 1.82) is 0 Å². The zero-order valence-corrected chi connectivity index (χ0v) is 41.2. The molecule has 1 aromatic rings. The van der Waals surface area contributed by atoms with Gasteiger partial charge in [0.15, 0.2) is 46.2 Å². The molecule has 2 heterocycles. The van der Waals surface area contributed by atoms with Crippen LogP contribution in [0.5, 0.6) is 0 Å². The molecule has 11 rings (SSSR count). The lowest BCUT2D eigenvalue weighted by atomic mass is 9.44. The zero-order valence-electron chi connectivity index (χ0n) is 39.6. The molecule has 19 atom stereocenters. The highest BCUT2D eigenvalue weighted by molar-refractivity contribution is 8.14. The third-order valence-corrected chi connectivity index (χ3v) is 20.4. The smallest absolute Gasteiger partial charge is 0.226 e. The monoisotopic (exact) mass is 1020 g/mol. The van der Waals surface area contributed by atoms with Gasteiger partial charge in [-0.2, -0.15) is 0 Å². The Morgan fingerprint density at radius 1 is 0.657 bits per heavy atom. The second-order valence-electron chi connectivity index (χ2n) is 22.3. The molecule has 0 aromatic heterocycles. The topological polar surface area (TPSA) is 146 Å². The first-order chi connectivity index (χ1) is 32.8. The number of allylic oxidation sites excluding steroid dienone is 8. The molecule has 8 fully saturated rings. The summed E-state index contributed by atoms with van der Waals surface area (Å²) in [5.41, 5.74) is -12.3. The molecule has 1 unspecified atom stereocenters. The number of aliphatic hydroxyl groups excluding tert-OH is 2. The maximum absolute atomic E-state index is 17.4. The van der Waals surface area contributed by atoms with Gasteiger partial charge in [0.1, 0.15) is 24.4 Å². The van der Waals surface area contributed by atoms with Crippen LogP contribution in [-0.2, 0) is 38.1 Å². The zero-order chi connectivity index (χ0) is 50.6. The van der Waals surface area contributed by atoms with Crippen molar-refractivity contribution in [3.05, 3.63) is 83.5 Å². The number of rotatable bonds is 5. The highest BCUT2D eigenvalue weighted by Gasteiger charge is 2.82. The second kappa shape index (κ2) is 16.4. The largest absolute Gasteiger partial charge is 0.390 e. The van der Waals surface area contributed by atoms with Crippen LogP contribution in [0.15, 0.2) is 77.9 Å². The van der Waals surface area contributed by atoms with Crippen molar-refractivity contribution in [1.82, 2.24) is 0 Å². The molecule has 10 aliphatic rings. The Morgan fingerprint density at radius 3 is 1.60 bits per heavy atom. The Hall–Kier alpha value is -3.10. The molecule has 2 aliphatic heterocycles. The highest BCUT2D eigenvalue weighted by Crippen LogP contribution is 2.75. The standard InChI is InChI=1S/C28H29F3O5S.C24H29F3O5S/c1-25-9-8-16(32)10-19(25)20(30)11-18-17-12-22-28(24(34)37-14-29,26(17,2)13-21(33)27(18,25)31)36-23(35-22)15-6-4-3-5-7-15;1-20(2)31-18-9-13-14-8-16(26)15-7-12(28)5-6-21(15,3)23(14,27)17(29)10-22(13,4)24(18,32-20)19(30)33-11-25/h3-10,17-18,20-23,33H,11-14H2,1-2H3;5-7,13-14,16-18,29H,8-11H2,1-4H3/t17-,18-,20-,21-,22+,23?,25-,26-,27-,28-;13-,14-,16-,17-,18+,21-,22-,23-,24-/m00/s1. The summed E-state index contributed by atoms with van der Waals surface area (Å²) in [7, 11) is 0. The Morgan fingerprint density at radius 2 is 1.11 bits per heavy atom. The lowest BCUT2D eigenvalue weighted by molar-refractivity contribution is -0.246. The van der Waals surface area contributed by atoms with E-state index in [-0.39, 0.29) is 49.7 Å². The van der Waals surface area contributed by atoms with E-state index in [4.69, 9.17) is 18.9 Å². The fraction of sp³-hybridized carbons (Fsp3) is 0.654. The third kappa shape index (κ3) is 6.31. The Bertz CT molecular complexity index is 2530. The van der Waals surface area contributed by atoms with Gasteiger partial charge in [-0.3, -0.25) is 19.2 Å². The minimum atomic E-state index is -2.28. The summed E-state index contributed by atoms with van der Waals surface area (Å²) in [5.74, 6) is -5.03. The average molecular weight is 1020 g/mol. The van der Waals surface area contributed by atoms with Crippen LogP contribution in [0.2, 0.25) is 0 Å². The molecular formula is C52H58F6O10S2. The summed E-state index contributed by atoms with van der Waals surface area (Å²) in [6.45, 7) is 9.89. The van der Waals surface area contributed by atoms with Crippen LogP contribution in [0, 0.1) is 45.3 Å². The number of ketones is 2. The second-order valence-corrected chi connectivity index (χ2v) is 24.1. The summed E-state index contributed by atoms with van der Waals surface area (Å²) < 4.78 is 117. The van der Waals surface area contributed by atoms with Crippen LogP contribution in [0.1, 0.15) is 91.9 Å². The van der Waals surface area contributed by atoms with Crippen molar-refractivity contribution in [2.24, 2.45) is 45.3 Å². The van der Waals surface area contributed by atoms with Gasteiger partial charge in [0.25, 0.3) is 0 Å². The van der Waals surface area contributed by atoms with Crippen molar-refractivity contribution in [3.63, 3.8) is 0 Å². The number of hydrogen-bond donors (Lipinski definition) is 2. The number of carbonyl (C=O) groups is 4. The van der Waals surface area contributed by atoms with Crippen LogP contribution >= 0.6 is 23.5 Å². The molecule has 0 spiro atoms. The molecule has 6 saturated carbocycles. The van der Waals surface area contributed by atoms with E-state index in [1.165, 1.54) is 38.2 Å². The van der Waals surface area contributed by atoms with Crippen LogP contribution in [0.3, 0.4) is 0 Å². The number of benzene rings is 1. The van der Waals surface area contributed by atoms with Crippen LogP contribution in [-0.4, -0.2) is 109 Å². The molecule has 2 N–H and O–H groups in total. The van der Waals surface area contributed by atoms with E-state index in [0.29, 0.717) is 29.1 Å². The first kappa shape index (κ1) is 50.4. The van der Waals surface area contributed by atoms with E-state index < -0.39 is 151 Å². The average Bonchev–Trinajstić information content (AvgIpc) is 3.97. The summed E-state index contributed by atoms with van der Waals surface area (Å²) >= 11 is 0.958. The third-order valence-electron chi connectivity index (χ3n) is 19.0. The van der Waals surface area contributed by atoms with Gasteiger partial charge < -0.3 is 29.2 Å². The molecule has 0 amide bonds. The molecule has 1 aromatic carbocycles. The molecule has 2 saturated heterocycles. The van der Waals surface area contributed by atoms with E-state index in [2.05, 4.69) is 0 Å². The van der Waals surface area contributed by atoms with E-state index in [1.807, 2.05) is 18.2 Å². The van der Waals surface area contributed by atoms with Crippen molar-refractivity contribution < 1.29 is 74.7 Å². The van der Waals surface area contributed by atoms with Gasteiger partial charge in [-0.1, -0.05) is 79.9 Å². The van der Waals surface area contributed by atoms with Gasteiger partial charge in [0, 0.05) is 39.1 Å². The molecule has 0 bridgehead atoms. The fourth-order valence-corrected chi connectivity index (χ4v) is 17.5. The molecule has 10 nitrogen and oxygen atoms in total. The van der Waals surface area contributed by atoms with Crippen LogP contribution in [0.4, 0.5) is 26.3 Å². The van der Waals surface area contributed by atoms with Gasteiger partial charge in [-0.25, -0.2) is 26.3 Å². The first-order valence-corrected chi connectivity index (χ1v) is 25.9. The lowest BCUT2D eigenvalue weighted by Gasteiger charge is -2.63. The number of fused-ring (bicyclic) bond motifs is 14. The number of alkyl halides is 6. The van der Waals surface area contributed by atoms with Gasteiger partial charge in [-0.15, -0.1) is 0 Å². The van der Waals surface area contributed by atoms with Crippen molar-refractivity contribution in [2.75, 3.05) is 12.0 Å². The van der Waals surface area contributed by atoms with E-state index in [1.54, 1.807) is 39.8 Å². The maximum atomic E-state index is 17.4. The molecule has 8 aliphatic carbocycles. The highest BCUT2D eigenvalue weighted by atomic mass is 32.2. The van der Waals surface area contributed by atoms with Crippen LogP contribution in [0.25, 0.3) is 0 Å². The first-order valence-electron chi connectivity index (χ1n) is 23.9. The number of hydrogen-bond acceptors (Lipinski definition) is 12. The van der Waals surface area contributed by atoms with Gasteiger partial charge in [-0.05, 0) is 114 Å². The van der Waals surface area contributed by atoms with Crippen molar-refractivity contribution in [2.45, 2.75) is 151 Å². The predicted octanol–water partition coefficient (Wildman–Crippen LogP) is 8.95.